The van der Waals surface area contributed by atoms with E-state index in [2.05, 4.69) is 13.8 Å². The first-order chi connectivity index (χ1) is 10.9. The third-order valence-corrected chi connectivity index (χ3v) is 5.78. The summed E-state index contributed by atoms with van der Waals surface area (Å²) in [5, 5.41) is 0. The molecule has 1 fully saturated rings. The van der Waals surface area contributed by atoms with Crippen molar-refractivity contribution in [1.29, 1.82) is 0 Å². The Morgan fingerprint density at radius 2 is 1.87 bits per heavy atom. The van der Waals surface area contributed by atoms with Crippen LogP contribution in [0.4, 0.5) is 5.69 Å². The lowest BCUT2D eigenvalue weighted by Crippen LogP contribution is -2.49. The Balaban J connectivity index is 1.96. The molecule has 4 nitrogen and oxygen atoms in total. The molecule has 2 amide bonds. The molecule has 1 unspecified atom stereocenters. The van der Waals surface area contributed by atoms with Gasteiger partial charge in [-0.2, -0.15) is 0 Å². The molecule has 5 heteroatoms. The smallest absolute Gasteiger partial charge is 0.245 e. The predicted octanol–water partition coefficient (Wildman–Crippen LogP) is 3.30. The molecule has 0 aliphatic carbocycles. The second kappa shape index (κ2) is 6.19. The number of hydrogen-bond acceptors (Lipinski definition) is 3. The Hall–Kier alpha value is -1.49. The molecular formula is C18H24N2O2S. The number of carbonyl (C=O) groups is 2. The predicted molar refractivity (Wildman–Crippen MR) is 93.8 cm³/mol. The highest BCUT2D eigenvalue weighted by molar-refractivity contribution is 8.00. The van der Waals surface area contributed by atoms with E-state index in [4.69, 9.17) is 0 Å². The maximum absolute atomic E-state index is 12.9. The fourth-order valence-electron chi connectivity index (χ4n) is 3.40. The van der Waals surface area contributed by atoms with E-state index in [1.54, 1.807) is 16.7 Å². The topological polar surface area (TPSA) is 40.6 Å². The average Bonchev–Trinajstić information content (AvgIpc) is 2.98. The van der Waals surface area contributed by atoms with Gasteiger partial charge in [-0.1, -0.05) is 12.1 Å². The molecule has 2 aliphatic heterocycles. The van der Waals surface area contributed by atoms with Gasteiger partial charge in [-0.05, 0) is 45.7 Å². The summed E-state index contributed by atoms with van der Waals surface area (Å²) in [6, 6.07) is 7.47. The van der Waals surface area contributed by atoms with Crippen LogP contribution < -0.4 is 4.90 Å². The fraction of sp³-hybridized carbons (Fsp3) is 0.556. The van der Waals surface area contributed by atoms with Crippen molar-refractivity contribution in [3.63, 3.8) is 0 Å². The number of rotatable bonds is 2. The van der Waals surface area contributed by atoms with Crippen LogP contribution >= 0.6 is 11.8 Å². The average molecular weight is 332 g/mol. The summed E-state index contributed by atoms with van der Waals surface area (Å²) < 4.78 is -0.168. The van der Waals surface area contributed by atoms with Crippen molar-refractivity contribution in [1.82, 2.24) is 4.90 Å². The first-order valence-electron chi connectivity index (χ1n) is 8.28. The van der Waals surface area contributed by atoms with Gasteiger partial charge in [-0.3, -0.25) is 14.5 Å². The van der Waals surface area contributed by atoms with Gasteiger partial charge in [0.25, 0.3) is 0 Å². The molecule has 2 heterocycles. The molecule has 1 aromatic rings. The first kappa shape index (κ1) is 16.4. The Morgan fingerprint density at radius 1 is 1.22 bits per heavy atom. The Morgan fingerprint density at radius 3 is 2.57 bits per heavy atom. The van der Waals surface area contributed by atoms with Gasteiger partial charge in [0.05, 0.1) is 5.69 Å². The van der Waals surface area contributed by atoms with E-state index in [-0.39, 0.29) is 16.6 Å². The van der Waals surface area contributed by atoms with Crippen molar-refractivity contribution in [2.24, 2.45) is 0 Å². The van der Waals surface area contributed by atoms with Crippen molar-refractivity contribution < 1.29 is 9.59 Å². The minimum Gasteiger partial charge on any atom is -0.341 e. The maximum atomic E-state index is 12.9. The first-order valence-corrected chi connectivity index (χ1v) is 9.09. The van der Waals surface area contributed by atoms with E-state index in [1.807, 2.05) is 36.1 Å². The van der Waals surface area contributed by atoms with Gasteiger partial charge < -0.3 is 4.90 Å². The number of nitrogens with zero attached hydrogens (tertiary/aromatic N) is 2. The zero-order valence-electron chi connectivity index (χ0n) is 14.0. The van der Waals surface area contributed by atoms with E-state index in [0.29, 0.717) is 6.42 Å². The summed E-state index contributed by atoms with van der Waals surface area (Å²) in [6.45, 7) is 7.66. The number of fused-ring (bicyclic) bond motifs is 1. The van der Waals surface area contributed by atoms with E-state index in [1.165, 1.54) is 0 Å². The third-order valence-electron chi connectivity index (χ3n) is 4.52. The lowest BCUT2D eigenvalue weighted by Gasteiger charge is -2.31. The van der Waals surface area contributed by atoms with Crippen molar-refractivity contribution in [2.45, 2.75) is 55.7 Å². The minimum absolute atomic E-state index is 0.0347. The largest absolute Gasteiger partial charge is 0.341 e. The van der Waals surface area contributed by atoms with Gasteiger partial charge in [0.2, 0.25) is 11.8 Å². The quantitative estimate of drug-likeness (QED) is 0.834. The number of benzene rings is 1. The number of anilines is 1. The van der Waals surface area contributed by atoms with Crippen LogP contribution in [0.5, 0.6) is 0 Å². The molecule has 23 heavy (non-hydrogen) atoms. The highest BCUT2D eigenvalue weighted by Crippen LogP contribution is 2.44. The van der Waals surface area contributed by atoms with Gasteiger partial charge >= 0.3 is 0 Å². The molecule has 1 saturated heterocycles. The molecule has 0 N–H and O–H groups in total. The zero-order chi connectivity index (χ0) is 16.6. The summed E-state index contributed by atoms with van der Waals surface area (Å²) in [7, 11) is 0. The van der Waals surface area contributed by atoms with Gasteiger partial charge in [0, 0.05) is 29.2 Å². The van der Waals surface area contributed by atoms with Crippen LogP contribution in [0.3, 0.4) is 0 Å². The number of hydrogen-bond donors (Lipinski definition) is 0. The molecule has 0 bridgehead atoms. The van der Waals surface area contributed by atoms with Crippen LogP contribution in [0.25, 0.3) is 0 Å². The van der Waals surface area contributed by atoms with Gasteiger partial charge in [-0.25, -0.2) is 0 Å². The third kappa shape index (κ3) is 3.25. The second-order valence-corrected chi connectivity index (χ2v) is 8.73. The number of carbonyl (C=O) groups excluding carboxylic acids is 2. The molecule has 1 aromatic carbocycles. The number of thioether (sulfide) groups is 1. The molecule has 1 atom stereocenters. The molecule has 0 aromatic heterocycles. The minimum atomic E-state index is -0.448. The van der Waals surface area contributed by atoms with Crippen LogP contribution in [-0.2, 0) is 9.59 Å². The molecule has 124 valence electrons. The van der Waals surface area contributed by atoms with Crippen LogP contribution in [0.2, 0.25) is 0 Å². The summed E-state index contributed by atoms with van der Waals surface area (Å²) in [5.41, 5.74) is 0.869. The highest BCUT2D eigenvalue weighted by atomic mass is 32.2. The highest BCUT2D eigenvalue weighted by Gasteiger charge is 2.38. The SMILES string of the molecule is CC(C(=O)N1CCCC1)N1C(=O)CC(C)(C)Sc2ccccc21. The van der Waals surface area contributed by atoms with E-state index >= 15 is 0 Å². The molecular weight excluding hydrogens is 308 g/mol. The summed E-state index contributed by atoms with van der Waals surface area (Å²) >= 11 is 1.72. The van der Waals surface area contributed by atoms with Crippen molar-refractivity contribution in [2.75, 3.05) is 18.0 Å². The lowest BCUT2D eigenvalue weighted by molar-refractivity contribution is -0.133. The maximum Gasteiger partial charge on any atom is 0.245 e. The number of amides is 2. The van der Waals surface area contributed by atoms with Gasteiger partial charge in [-0.15, -0.1) is 11.8 Å². The van der Waals surface area contributed by atoms with E-state index in [9.17, 15) is 9.59 Å². The number of likely N-dealkylation sites (tertiary alicyclic amines) is 1. The Labute approximate surface area is 142 Å². The monoisotopic (exact) mass is 332 g/mol. The molecule has 3 rings (SSSR count). The van der Waals surface area contributed by atoms with Crippen LogP contribution in [0, 0.1) is 0 Å². The summed E-state index contributed by atoms with van der Waals surface area (Å²) in [6.07, 6.45) is 2.56. The van der Waals surface area contributed by atoms with E-state index < -0.39 is 6.04 Å². The van der Waals surface area contributed by atoms with Crippen molar-refractivity contribution in [3.05, 3.63) is 24.3 Å². The molecule has 2 aliphatic rings. The van der Waals surface area contributed by atoms with Crippen LogP contribution in [0.1, 0.15) is 40.0 Å². The molecule has 0 saturated carbocycles. The number of para-hydroxylation sites is 1. The summed E-state index contributed by atoms with van der Waals surface area (Å²) in [4.78, 5) is 30.4. The van der Waals surface area contributed by atoms with Gasteiger partial charge in [0.1, 0.15) is 6.04 Å². The van der Waals surface area contributed by atoms with E-state index in [0.717, 1.165) is 36.5 Å². The standard InChI is InChI=1S/C18H24N2O2S/c1-13(17(22)19-10-6-7-11-19)20-14-8-4-5-9-15(14)23-18(2,3)12-16(20)21/h4-5,8-9,13H,6-7,10-12H2,1-3H3. The normalized spacial score (nSPS) is 21.8. The van der Waals surface area contributed by atoms with Crippen molar-refractivity contribution in [3.8, 4) is 0 Å². The lowest BCUT2D eigenvalue weighted by atomic mass is 10.1. The van der Waals surface area contributed by atoms with Gasteiger partial charge in [0.15, 0.2) is 0 Å². The van der Waals surface area contributed by atoms with Crippen molar-refractivity contribution >= 4 is 29.3 Å². The Bertz CT molecular complexity index is 623. The van der Waals surface area contributed by atoms with Crippen LogP contribution in [-0.4, -0.2) is 40.6 Å². The van der Waals surface area contributed by atoms with Crippen LogP contribution in [0.15, 0.2) is 29.2 Å². The Kier molecular flexibility index (Phi) is 4.41. The fourth-order valence-corrected chi connectivity index (χ4v) is 4.61. The molecule has 0 spiro atoms. The second-order valence-electron chi connectivity index (χ2n) is 6.98. The molecule has 0 radical (unpaired) electrons. The summed E-state index contributed by atoms with van der Waals surface area (Å²) in [5.74, 6) is 0.0999. The zero-order valence-corrected chi connectivity index (χ0v) is 14.9.